The molecule has 1 aromatic rings. The summed E-state index contributed by atoms with van der Waals surface area (Å²) in [6.07, 6.45) is 2.34. The highest BCUT2D eigenvalue weighted by molar-refractivity contribution is 5.61. The Hall–Kier alpha value is -0.980. The van der Waals surface area contributed by atoms with E-state index in [9.17, 15) is 0 Å². The van der Waals surface area contributed by atoms with Crippen molar-refractivity contribution in [1.29, 1.82) is 0 Å². The van der Waals surface area contributed by atoms with Crippen molar-refractivity contribution < 1.29 is 0 Å². The molecule has 13 heavy (non-hydrogen) atoms. The predicted octanol–water partition coefficient (Wildman–Crippen LogP) is 2.91. The second-order valence-electron chi connectivity index (χ2n) is 4.05. The first-order valence-corrected chi connectivity index (χ1v) is 5.09. The van der Waals surface area contributed by atoms with E-state index < -0.39 is 0 Å². The molecule has 1 heteroatoms. The van der Waals surface area contributed by atoms with Gasteiger partial charge in [-0.05, 0) is 49.4 Å². The lowest BCUT2D eigenvalue weighted by Gasteiger charge is -2.07. The van der Waals surface area contributed by atoms with Gasteiger partial charge in [-0.2, -0.15) is 0 Å². The Balaban J connectivity index is 2.50. The molecule has 1 aliphatic heterocycles. The van der Waals surface area contributed by atoms with Gasteiger partial charge in [0.15, 0.2) is 0 Å². The van der Waals surface area contributed by atoms with Crippen LogP contribution >= 0.6 is 0 Å². The molecule has 1 atom stereocenters. The fourth-order valence-corrected chi connectivity index (χ4v) is 2.20. The molecule has 1 N–H and O–H groups in total. The molecule has 0 radical (unpaired) electrons. The van der Waals surface area contributed by atoms with Gasteiger partial charge in [0.05, 0.1) is 0 Å². The number of hydrogen-bond donors (Lipinski definition) is 1. The van der Waals surface area contributed by atoms with Gasteiger partial charge in [-0.1, -0.05) is 13.0 Å². The number of hydrogen-bond acceptors (Lipinski definition) is 1. The Labute approximate surface area is 80.2 Å². The van der Waals surface area contributed by atoms with Gasteiger partial charge in [-0.3, -0.25) is 0 Å². The van der Waals surface area contributed by atoms with E-state index in [-0.39, 0.29) is 0 Å². The van der Waals surface area contributed by atoms with Gasteiger partial charge in [0.1, 0.15) is 0 Å². The number of nitrogens with one attached hydrogen (secondary N) is 1. The molecule has 0 saturated carbocycles. The molecule has 0 fully saturated rings. The Kier molecular flexibility index (Phi) is 2.03. The maximum atomic E-state index is 3.51. The van der Waals surface area contributed by atoms with Crippen molar-refractivity contribution in [3.05, 3.63) is 28.8 Å². The minimum Gasteiger partial charge on any atom is -0.382 e. The lowest BCUT2D eigenvalue weighted by molar-refractivity contribution is 0.832. The first-order chi connectivity index (χ1) is 6.20. The van der Waals surface area contributed by atoms with Crippen molar-refractivity contribution >= 4 is 5.69 Å². The SMILES string of the molecule is CCc1cc(C)cc2c1C[C@@H](C)N2. The summed E-state index contributed by atoms with van der Waals surface area (Å²) in [4.78, 5) is 0. The molecule has 0 saturated heterocycles. The fraction of sp³-hybridized carbons (Fsp3) is 0.500. The summed E-state index contributed by atoms with van der Waals surface area (Å²) < 4.78 is 0. The zero-order valence-electron chi connectivity index (χ0n) is 8.65. The molecule has 0 unspecified atom stereocenters. The van der Waals surface area contributed by atoms with Gasteiger partial charge in [-0.25, -0.2) is 0 Å². The van der Waals surface area contributed by atoms with Gasteiger partial charge in [-0.15, -0.1) is 0 Å². The lowest BCUT2D eigenvalue weighted by Crippen LogP contribution is -2.08. The van der Waals surface area contributed by atoms with Crippen LogP contribution in [0.25, 0.3) is 0 Å². The molecule has 0 amide bonds. The van der Waals surface area contributed by atoms with Crippen LogP contribution in [-0.2, 0) is 12.8 Å². The van der Waals surface area contributed by atoms with Crippen molar-refractivity contribution in [2.24, 2.45) is 0 Å². The van der Waals surface area contributed by atoms with Crippen molar-refractivity contribution in [1.82, 2.24) is 0 Å². The topological polar surface area (TPSA) is 12.0 Å². The minimum absolute atomic E-state index is 0.613. The molecule has 0 aliphatic carbocycles. The largest absolute Gasteiger partial charge is 0.382 e. The van der Waals surface area contributed by atoms with Crippen molar-refractivity contribution in [2.75, 3.05) is 5.32 Å². The van der Waals surface area contributed by atoms with E-state index >= 15 is 0 Å². The zero-order valence-corrected chi connectivity index (χ0v) is 8.65. The second-order valence-corrected chi connectivity index (χ2v) is 4.05. The van der Waals surface area contributed by atoms with Crippen LogP contribution in [0.15, 0.2) is 12.1 Å². The van der Waals surface area contributed by atoms with E-state index in [1.54, 1.807) is 5.56 Å². The Morgan fingerprint density at radius 1 is 1.46 bits per heavy atom. The van der Waals surface area contributed by atoms with Crippen LogP contribution in [0.2, 0.25) is 0 Å². The van der Waals surface area contributed by atoms with E-state index in [1.807, 2.05) is 0 Å². The second kappa shape index (κ2) is 3.06. The first-order valence-electron chi connectivity index (χ1n) is 5.09. The standard InChI is InChI=1S/C12H17N/c1-4-10-5-8(2)6-12-11(10)7-9(3)13-12/h5-6,9,13H,4,7H2,1-3H3/t9-/m1/s1. The van der Waals surface area contributed by atoms with E-state index in [1.165, 1.54) is 23.2 Å². The Morgan fingerprint density at radius 2 is 2.23 bits per heavy atom. The predicted molar refractivity (Wildman–Crippen MR) is 57.3 cm³/mol. The average molecular weight is 175 g/mol. The normalized spacial score (nSPS) is 19.8. The highest BCUT2D eigenvalue weighted by atomic mass is 14.9. The van der Waals surface area contributed by atoms with Crippen molar-refractivity contribution in [2.45, 2.75) is 39.7 Å². The van der Waals surface area contributed by atoms with Crippen LogP contribution in [0.4, 0.5) is 5.69 Å². The van der Waals surface area contributed by atoms with E-state index in [2.05, 4.69) is 38.2 Å². The van der Waals surface area contributed by atoms with Crippen LogP contribution in [0.5, 0.6) is 0 Å². The van der Waals surface area contributed by atoms with Crippen LogP contribution in [0.3, 0.4) is 0 Å². The summed E-state index contributed by atoms with van der Waals surface area (Å²) >= 11 is 0. The molecular formula is C12H17N. The molecule has 0 bridgehead atoms. The summed E-state index contributed by atoms with van der Waals surface area (Å²) in [6.45, 7) is 6.65. The summed E-state index contributed by atoms with van der Waals surface area (Å²) in [5.41, 5.74) is 5.80. The molecule has 2 rings (SSSR count). The third-order valence-electron chi connectivity index (χ3n) is 2.78. The maximum Gasteiger partial charge on any atom is 0.0381 e. The van der Waals surface area contributed by atoms with Crippen LogP contribution in [0, 0.1) is 6.92 Å². The third-order valence-corrected chi connectivity index (χ3v) is 2.78. The number of rotatable bonds is 1. The number of benzene rings is 1. The molecule has 0 aromatic heterocycles. The highest BCUT2D eigenvalue weighted by Crippen LogP contribution is 2.30. The van der Waals surface area contributed by atoms with E-state index in [0.717, 1.165) is 6.42 Å². The zero-order chi connectivity index (χ0) is 9.42. The molecule has 70 valence electrons. The summed E-state index contributed by atoms with van der Waals surface area (Å²) in [6, 6.07) is 5.19. The number of fused-ring (bicyclic) bond motifs is 1. The van der Waals surface area contributed by atoms with Gasteiger partial charge in [0.25, 0.3) is 0 Å². The van der Waals surface area contributed by atoms with Gasteiger partial charge >= 0.3 is 0 Å². The quantitative estimate of drug-likeness (QED) is 0.692. The maximum absolute atomic E-state index is 3.51. The molecule has 1 aliphatic rings. The summed E-state index contributed by atoms with van der Waals surface area (Å²) in [5.74, 6) is 0. The lowest BCUT2D eigenvalue weighted by atomic mass is 9.99. The summed E-state index contributed by atoms with van der Waals surface area (Å²) in [7, 11) is 0. The Bertz CT molecular complexity index is 328. The fourth-order valence-electron chi connectivity index (χ4n) is 2.20. The number of aryl methyl sites for hydroxylation is 2. The van der Waals surface area contributed by atoms with Crippen LogP contribution < -0.4 is 5.32 Å². The highest BCUT2D eigenvalue weighted by Gasteiger charge is 2.19. The smallest absolute Gasteiger partial charge is 0.0381 e. The minimum atomic E-state index is 0.613. The third kappa shape index (κ3) is 1.43. The van der Waals surface area contributed by atoms with E-state index in [0.29, 0.717) is 6.04 Å². The molecule has 1 nitrogen and oxygen atoms in total. The first kappa shape index (κ1) is 8.61. The van der Waals surface area contributed by atoms with Gasteiger partial charge in [0.2, 0.25) is 0 Å². The van der Waals surface area contributed by atoms with Gasteiger partial charge in [0, 0.05) is 11.7 Å². The van der Waals surface area contributed by atoms with Crippen molar-refractivity contribution in [3.8, 4) is 0 Å². The molecular weight excluding hydrogens is 158 g/mol. The van der Waals surface area contributed by atoms with E-state index in [4.69, 9.17) is 0 Å². The summed E-state index contributed by atoms with van der Waals surface area (Å²) in [5, 5.41) is 3.51. The monoisotopic (exact) mass is 175 g/mol. The van der Waals surface area contributed by atoms with Crippen LogP contribution in [-0.4, -0.2) is 6.04 Å². The molecule has 1 heterocycles. The molecule has 0 spiro atoms. The Morgan fingerprint density at radius 3 is 2.92 bits per heavy atom. The van der Waals surface area contributed by atoms with Gasteiger partial charge < -0.3 is 5.32 Å². The van der Waals surface area contributed by atoms with Crippen LogP contribution in [0.1, 0.15) is 30.5 Å². The molecule has 1 aromatic carbocycles. The number of anilines is 1. The van der Waals surface area contributed by atoms with Crippen molar-refractivity contribution in [3.63, 3.8) is 0 Å². The average Bonchev–Trinajstić information content (AvgIpc) is 2.43.